The highest BCUT2D eigenvalue weighted by molar-refractivity contribution is 14.0. The zero-order chi connectivity index (χ0) is 21.8. The average Bonchev–Trinajstić information content (AvgIpc) is 2.77. The van der Waals surface area contributed by atoms with Crippen LogP contribution >= 0.6 is 35.6 Å². The highest BCUT2D eigenvalue weighted by Crippen LogP contribution is 2.22. The summed E-state index contributed by atoms with van der Waals surface area (Å²) in [6.45, 7) is 3.78. The number of nitrogens with one attached hydrogen (secondary N) is 3. The van der Waals surface area contributed by atoms with E-state index in [0.717, 1.165) is 29.0 Å². The molecule has 3 N–H and O–H groups in total. The smallest absolute Gasteiger partial charge is 0.242 e. The number of hydrogen-bond acceptors (Lipinski definition) is 4. The van der Waals surface area contributed by atoms with E-state index in [1.165, 1.54) is 0 Å². The van der Waals surface area contributed by atoms with Crippen molar-refractivity contribution in [1.29, 1.82) is 0 Å². The molecule has 0 atom stereocenters. The number of rotatable bonds is 10. The molecule has 0 unspecified atom stereocenters. The van der Waals surface area contributed by atoms with Crippen molar-refractivity contribution in [2.45, 2.75) is 19.9 Å². The topological polar surface area (TPSA) is 84.0 Å². The summed E-state index contributed by atoms with van der Waals surface area (Å²) in [6.07, 6.45) is 0.719. The average molecular weight is 561 g/mol. The van der Waals surface area contributed by atoms with Gasteiger partial charge in [-0.3, -0.25) is 4.79 Å². The maximum Gasteiger partial charge on any atom is 0.242 e. The molecule has 0 aromatic heterocycles. The van der Waals surface area contributed by atoms with Gasteiger partial charge in [0, 0.05) is 24.7 Å². The normalized spacial score (nSPS) is 10.6. The van der Waals surface area contributed by atoms with Crippen LogP contribution in [0, 0.1) is 0 Å². The minimum Gasteiger partial charge on any atom is -0.497 e. The van der Waals surface area contributed by atoms with Gasteiger partial charge < -0.3 is 25.4 Å². The number of hydrogen-bond donors (Lipinski definition) is 3. The highest BCUT2D eigenvalue weighted by Gasteiger charge is 2.05. The third-order valence-corrected chi connectivity index (χ3v) is 4.67. The fourth-order valence-corrected chi connectivity index (χ4v) is 2.93. The molecule has 0 heterocycles. The van der Waals surface area contributed by atoms with Gasteiger partial charge in [0.2, 0.25) is 5.91 Å². The van der Waals surface area contributed by atoms with Gasteiger partial charge in [-0.05, 0) is 48.7 Å². The molecule has 31 heavy (non-hydrogen) atoms. The van der Waals surface area contributed by atoms with E-state index in [9.17, 15) is 4.79 Å². The first-order valence-electron chi connectivity index (χ1n) is 9.80. The number of amides is 1. The van der Waals surface area contributed by atoms with E-state index in [-0.39, 0.29) is 36.4 Å². The van der Waals surface area contributed by atoms with E-state index < -0.39 is 0 Å². The zero-order valence-electron chi connectivity index (χ0n) is 18.0. The van der Waals surface area contributed by atoms with Crippen molar-refractivity contribution in [3.05, 3.63) is 58.6 Å². The molecule has 0 aliphatic heterocycles. The molecule has 0 aliphatic rings. The Bertz CT molecular complexity index is 847. The first kappa shape index (κ1) is 26.8. The molecule has 1 amide bonds. The number of carbonyl (C=O) groups excluding carboxylic acids is 1. The molecule has 2 rings (SSSR count). The summed E-state index contributed by atoms with van der Waals surface area (Å²) in [7, 11) is 3.23. The lowest BCUT2D eigenvalue weighted by Gasteiger charge is -2.12. The summed E-state index contributed by atoms with van der Waals surface area (Å²) in [5.74, 6) is 1.95. The summed E-state index contributed by atoms with van der Waals surface area (Å²) in [6, 6.07) is 13.2. The number of ether oxygens (including phenoxy) is 2. The van der Waals surface area contributed by atoms with Crippen LogP contribution in [-0.2, 0) is 17.8 Å². The second-order valence-corrected chi connectivity index (χ2v) is 6.86. The lowest BCUT2D eigenvalue weighted by molar-refractivity contribution is -0.119. The van der Waals surface area contributed by atoms with Crippen LogP contribution in [0.3, 0.4) is 0 Å². The number of methoxy groups -OCH3 is 2. The number of aliphatic imine (C=N–C) groups is 1. The highest BCUT2D eigenvalue weighted by atomic mass is 127. The van der Waals surface area contributed by atoms with Crippen molar-refractivity contribution in [2.24, 2.45) is 4.99 Å². The van der Waals surface area contributed by atoms with Gasteiger partial charge in [0.15, 0.2) is 5.96 Å². The molecule has 0 saturated heterocycles. The predicted octanol–water partition coefficient (Wildman–Crippen LogP) is 3.39. The van der Waals surface area contributed by atoms with Gasteiger partial charge in [-0.1, -0.05) is 29.8 Å². The number of halogens is 2. The van der Waals surface area contributed by atoms with Gasteiger partial charge in [0.1, 0.15) is 18.0 Å². The Balaban J connectivity index is 0.00000480. The zero-order valence-corrected chi connectivity index (χ0v) is 21.1. The van der Waals surface area contributed by atoms with Crippen molar-refractivity contribution in [2.75, 3.05) is 33.9 Å². The lowest BCUT2D eigenvalue weighted by atomic mass is 10.1. The van der Waals surface area contributed by atoms with Crippen LogP contribution in [0.1, 0.15) is 18.1 Å². The first-order valence-corrected chi connectivity index (χ1v) is 10.2. The van der Waals surface area contributed by atoms with Crippen molar-refractivity contribution in [1.82, 2.24) is 16.0 Å². The van der Waals surface area contributed by atoms with Gasteiger partial charge in [-0.15, -0.1) is 24.0 Å². The van der Waals surface area contributed by atoms with Crippen LogP contribution in [0.25, 0.3) is 0 Å². The summed E-state index contributed by atoms with van der Waals surface area (Å²) < 4.78 is 10.3. The fourth-order valence-electron chi connectivity index (χ4n) is 2.67. The number of nitrogens with zero attached hydrogens (tertiary/aromatic N) is 1. The summed E-state index contributed by atoms with van der Waals surface area (Å²) in [5.41, 5.74) is 2.01. The number of guanidine groups is 1. The lowest BCUT2D eigenvalue weighted by Crippen LogP contribution is -2.39. The molecular weight excluding hydrogens is 531 g/mol. The van der Waals surface area contributed by atoms with E-state index in [0.29, 0.717) is 30.6 Å². The Morgan fingerprint density at radius 2 is 1.68 bits per heavy atom. The molecule has 9 heteroatoms. The van der Waals surface area contributed by atoms with Crippen molar-refractivity contribution in [3.8, 4) is 11.5 Å². The quantitative estimate of drug-likeness (QED) is 0.236. The summed E-state index contributed by atoms with van der Waals surface area (Å²) >= 11 is 6.28. The molecule has 170 valence electrons. The van der Waals surface area contributed by atoms with Crippen LogP contribution in [0.4, 0.5) is 0 Å². The largest absolute Gasteiger partial charge is 0.497 e. The first-order chi connectivity index (χ1) is 14.5. The van der Waals surface area contributed by atoms with Gasteiger partial charge in [0.05, 0.1) is 14.2 Å². The summed E-state index contributed by atoms with van der Waals surface area (Å²) in [5, 5.41) is 9.88. The Hall–Kier alpha value is -2.20. The molecule has 2 aromatic rings. The molecule has 2 aromatic carbocycles. The second-order valence-electron chi connectivity index (χ2n) is 6.45. The van der Waals surface area contributed by atoms with Crippen molar-refractivity contribution < 1.29 is 14.3 Å². The number of carbonyl (C=O) groups is 1. The standard InChI is InChI=1S/C22H29ClN4O3.HI/c1-4-24-22(25-12-11-17-7-10-19(30-3)13-20(17)23)27-15-21(28)26-14-16-5-8-18(29-2)9-6-16;/h5-10,13H,4,11-12,14-15H2,1-3H3,(H,26,28)(H2,24,25,27);1H. The SMILES string of the molecule is CCNC(=NCC(=O)NCc1ccc(OC)cc1)NCCc1ccc(OC)cc1Cl.I. The Morgan fingerprint density at radius 3 is 2.29 bits per heavy atom. The maximum atomic E-state index is 12.1. The monoisotopic (exact) mass is 560 g/mol. The maximum absolute atomic E-state index is 12.1. The minimum atomic E-state index is -0.152. The minimum absolute atomic E-state index is 0. The predicted molar refractivity (Wildman–Crippen MR) is 136 cm³/mol. The molecular formula is C22H30ClIN4O3. The third kappa shape index (κ3) is 9.65. The van der Waals surface area contributed by atoms with Gasteiger partial charge in [0.25, 0.3) is 0 Å². The van der Waals surface area contributed by atoms with Crippen LogP contribution in [0.2, 0.25) is 5.02 Å². The van der Waals surface area contributed by atoms with Crippen LogP contribution in [-0.4, -0.2) is 45.7 Å². The van der Waals surface area contributed by atoms with Crippen LogP contribution in [0.5, 0.6) is 11.5 Å². The van der Waals surface area contributed by atoms with E-state index >= 15 is 0 Å². The fraction of sp³-hybridized carbons (Fsp3) is 0.364. The van der Waals surface area contributed by atoms with E-state index in [4.69, 9.17) is 21.1 Å². The Kier molecular flexibility index (Phi) is 12.8. The van der Waals surface area contributed by atoms with E-state index in [1.54, 1.807) is 20.3 Å². The molecule has 0 spiro atoms. The molecule has 0 aliphatic carbocycles. The van der Waals surface area contributed by atoms with E-state index in [2.05, 4.69) is 20.9 Å². The van der Waals surface area contributed by atoms with Crippen molar-refractivity contribution >= 4 is 47.4 Å². The van der Waals surface area contributed by atoms with Crippen LogP contribution < -0.4 is 25.4 Å². The number of benzene rings is 2. The summed E-state index contributed by atoms with van der Waals surface area (Å²) in [4.78, 5) is 16.5. The van der Waals surface area contributed by atoms with Crippen molar-refractivity contribution in [3.63, 3.8) is 0 Å². The van der Waals surface area contributed by atoms with Crippen LogP contribution in [0.15, 0.2) is 47.5 Å². The van der Waals surface area contributed by atoms with E-state index in [1.807, 2.05) is 43.3 Å². The molecule has 0 radical (unpaired) electrons. The molecule has 0 saturated carbocycles. The van der Waals surface area contributed by atoms with Gasteiger partial charge in [-0.25, -0.2) is 4.99 Å². The third-order valence-electron chi connectivity index (χ3n) is 4.32. The molecule has 0 fully saturated rings. The van der Waals surface area contributed by atoms with Gasteiger partial charge in [-0.2, -0.15) is 0 Å². The second kappa shape index (κ2) is 14.7. The molecule has 7 nitrogen and oxygen atoms in total. The molecule has 0 bridgehead atoms. The van der Waals surface area contributed by atoms with Gasteiger partial charge >= 0.3 is 0 Å². The Morgan fingerprint density at radius 1 is 1.00 bits per heavy atom. The Labute approximate surface area is 206 Å².